The van der Waals surface area contributed by atoms with E-state index in [-0.39, 0.29) is 6.42 Å². The van der Waals surface area contributed by atoms with E-state index in [9.17, 15) is 4.79 Å². The number of ether oxygens (including phenoxy) is 1. The molecule has 1 atom stereocenters. The predicted octanol–water partition coefficient (Wildman–Crippen LogP) is 2.17. The van der Waals surface area contributed by atoms with Gasteiger partial charge in [0.25, 0.3) is 5.89 Å². The summed E-state index contributed by atoms with van der Waals surface area (Å²) in [6.45, 7) is 0.504. The van der Waals surface area contributed by atoms with Crippen molar-refractivity contribution in [2.45, 2.75) is 25.4 Å². The number of hydrogen-bond acceptors (Lipinski definition) is 7. The van der Waals surface area contributed by atoms with Crippen LogP contribution in [0.15, 0.2) is 41.1 Å². The van der Waals surface area contributed by atoms with E-state index in [2.05, 4.69) is 20.6 Å². The van der Waals surface area contributed by atoms with Gasteiger partial charge in [-0.25, -0.2) is 0 Å². The maximum absolute atomic E-state index is 11.0. The van der Waals surface area contributed by atoms with Crippen LogP contribution in [-0.2, 0) is 18.4 Å². The van der Waals surface area contributed by atoms with Gasteiger partial charge in [-0.3, -0.25) is 9.48 Å². The first-order valence-corrected chi connectivity index (χ1v) is 8.46. The van der Waals surface area contributed by atoms with Gasteiger partial charge in [0.1, 0.15) is 5.75 Å². The Balaban J connectivity index is 1.79. The van der Waals surface area contributed by atoms with Crippen molar-refractivity contribution in [3.63, 3.8) is 0 Å². The van der Waals surface area contributed by atoms with E-state index in [1.165, 1.54) is 0 Å². The van der Waals surface area contributed by atoms with E-state index >= 15 is 0 Å². The van der Waals surface area contributed by atoms with Crippen molar-refractivity contribution in [3.8, 4) is 17.2 Å². The van der Waals surface area contributed by atoms with Crippen LogP contribution in [0.4, 0.5) is 0 Å². The predicted molar refractivity (Wildman–Crippen MR) is 95.9 cm³/mol. The van der Waals surface area contributed by atoms with E-state index in [4.69, 9.17) is 14.3 Å². The zero-order valence-corrected chi connectivity index (χ0v) is 15.1. The molecule has 9 nitrogen and oxygen atoms in total. The van der Waals surface area contributed by atoms with E-state index < -0.39 is 12.0 Å². The lowest BCUT2D eigenvalue weighted by Gasteiger charge is -2.13. The van der Waals surface area contributed by atoms with Crippen LogP contribution in [0.3, 0.4) is 0 Å². The number of carboxylic acids is 1. The molecule has 2 aromatic heterocycles. The molecule has 0 aliphatic rings. The van der Waals surface area contributed by atoms with Gasteiger partial charge >= 0.3 is 5.97 Å². The molecule has 2 heterocycles. The minimum Gasteiger partial charge on any atom is -0.496 e. The van der Waals surface area contributed by atoms with Crippen LogP contribution in [0.5, 0.6) is 5.75 Å². The van der Waals surface area contributed by atoms with Crippen molar-refractivity contribution in [2.24, 2.45) is 7.05 Å². The van der Waals surface area contributed by atoms with E-state index in [1.807, 2.05) is 37.5 Å². The molecule has 0 radical (unpaired) electrons. The average Bonchev–Trinajstić information content (AvgIpc) is 3.31. The van der Waals surface area contributed by atoms with Crippen LogP contribution in [0.25, 0.3) is 11.5 Å². The van der Waals surface area contributed by atoms with E-state index in [0.717, 1.165) is 5.56 Å². The summed E-state index contributed by atoms with van der Waals surface area (Å²) in [5.74, 6) is 0.401. The zero-order chi connectivity index (χ0) is 19.2. The Labute approximate surface area is 156 Å². The fraction of sp³-hybridized carbons (Fsp3) is 0.333. The van der Waals surface area contributed by atoms with Crippen LogP contribution in [0, 0.1) is 0 Å². The number of carbonyl (C=O) groups is 1. The fourth-order valence-corrected chi connectivity index (χ4v) is 2.69. The number of hydrogen-bond donors (Lipinski definition) is 2. The lowest BCUT2D eigenvalue weighted by atomic mass is 10.1. The number of rotatable bonds is 9. The van der Waals surface area contributed by atoms with Crippen molar-refractivity contribution in [3.05, 3.63) is 48.1 Å². The summed E-state index contributed by atoms with van der Waals surface area (Å²) in [4.78, 5) is 11.0. The van der Waals surface area contributed by atoms with Gasteiger partial charge in [-0.15, -0.1) is 10.2 Å². The molecular weight excluding hydrogens is 350 g/mol. The summed E-state index contributed by atoms with van der Waals surface area (Å²) >= 11 is 0. The molecule has 0 unspecified atom stereocenters. The number of aryl methyl sites for hydroxylation is 1. The van der Waals surface area contributed by atoms with Gasteiger partial charge in [-0.05, 0) is 18.6 Å². The summed E-state index contributed by atoms with van der Waals surface area (Å²) in [6, 6.07) is 6.94. The van der Waals surface area contributed by atoms with Crippen LogP contribution >= 0.6 is 0 Å². The van der Waals surface area contributed by atoms with Crippen LogP contribution in [-0.4, -0.2) is 38.2 Å². The molecule has 0 bridgehead atoms. The molecule has 0 aliphatic carbocycles. The molecule has 1 aromatic carbocycles. The number of aromatic nitrogens is 4. The highest BCUT2D eigenvalue weighted by molar-refractivity contribution is 5.66. The van der Waals surface area contributed by atoms with E-state index in [1.54, 1.807) is 18.0 Å². The molecule has 0 saturated carbocycles. The Bertz CT molecular complexity index is 905. The van der Waals surface area contributed by atoms with Crippen molar-refractivity contribution in [1.82, 2.24) is 25.3 Å². The number of methoxy groups -OCH3 is 1. The van der Waals surface area contributed by atoms with Gasteiger partial charge in [-0.2, -0.15) is 5.10 Å². The highest BCUT2D eigenvalue weighted by atomic mass is 16.5. The summed E-state index contributed by atoms with van der Waals surface area (Å²) in [6.07, 6.45) is 3.94. The standard InChI is InChI=1S/C18H21N5O4/c1-23-11-12(10-20-23)9-19-14(7-8-16(24)25)18-22-21-17(27-18)13-5-3-4-6-15(13)26-2/h3-6,10-11,14,19H,7-9H2,1-2H3,(H,24,25)/t14-/m0/s1. The van der Waals surface area contributed by atoms with Crippen molar-refractivity contribution < 1.29 is 19.1 Å². The van der Waals surface area contributed by atoms with Crippen molar-refractivity contribution in [1.29, 1.82) is 0 Å². The van der Waals surface area contributed by atoms with Crippen LogP contribution in [0.2, 0.25) is 0 Å². The Morgan fingerprint density at radius 1 is 1.37 bits per heavy atom. The zero-order valence-electron chi connectivity index (χ0n) is 15.1. The fourth-order valence-electron chi connectivity index (χ4n) is 2.69. The maximum Gasteiger partial charge on any atom is 0.303 e. The second-order valence-electron chi connectivity index (χ2n) is 6.03. The summed E-state index contributed by atoms with van der Waals surface area (Å²) in [5.41, 5.74) is 1.66. The van der Waals surface area contributed by atoms with Gasteiger partial charge in [0, 0.05) is 31.8 Å². The monoisotopic (exact) mass is 371 g/mol. The average molecular weight is 371 g/mol. The molecule has 0 saturated heterocycles. The molecular formula is C18H21N5O4. The smallest absolute Gasteiger partial charge is 0.303 e. The maximum atomic E-state index is 11.0. The number of aliphatic carboxylic acids is 1. The van der Waals surface area contributed by atoms with Gasteiger partial charge in [0.2, 0.25) is 5.89 Å². The van der Waals surface area contributed by atoms with Crippen molar-refractivity contribution in [2.75, 3.05) is 7.11 Å². The molecule has 0 spiro atoms. The van der Waals surface area contributed by atoms with Crippen LogP contribution in [0.1, 0.15) is 30.3 Å². The van der Waals surface area contributed by atoms with Crippen LogP contribution < -0.4 is 10.1 Å². The van der Waals surface area contributed by atoms with Gasteiger partial charge in [-0.1, -0.05) is 12.1 Å². The number of carboxylic acid groups (broad SMARTS) is 1. The minimum atomic E-state index is -0.882. The molecule has 142 valence electrons. The first-order valence-electron chi connectivity index (χ1n) is 8.46. The molecule has 27 heavy (non-hydrogen) atoms. The number of benzene rings is 1. The number of para-hydroxylation sites is 1. The topological polar surface area (TPSA) is 115 Å². The first-order chi connectivity index (χ1) is 13.1. The third kappa shape index (κ3) is 4.70. The molecule has 3 aromatic rings. The molecule has 0 aliphatic heterocycles. The normalized spacial score (nSPS) is 12.1. The lowest BCUT2D eigenvalue weighted by Crippen LogP contribution is -2.22. The third-order valence-electron chi connectivity index (χ3n) is 4.03. The summed E-state index contributed by atoms with van der Waals surface area (Å²) in [5, 5.41) is 24.6. The molecule has 2 N–H and O–H groups in total. The minimum absolute atomic E-state index is 0.0168. The second kappa shape index (κ2) is 8.45. The molecule has 0 fully saturated rings. The lowest BCUT2D eigenvalue weighted by molar-refractivity contribution is -0.137. The quantitative estimate of drug-likeness (QED) is 0.588. The third-order valence-corrected chi connectivity index (χ3v) is 4.03. The number of nitrogens with zero attached hydrogens (tertiary/aromatic N) is 4. The first kappa shape index (κ1) is 18.6. The largest absolute Gasteiger partial charge is 0.496 e. The highest BCUT2D eigenvalue weighted by Gasteiger charge is 2.21. The Hall–Kier alpha value is -3.20. The Morgan fingerprint density at radius 3 is 2.89 bits per heavy atom. The molecule has 3 rings (SSSR count). The summed E-state index contributed by atoms with van der Waals surface area (Å²) < 4.78 is 12.9. The Morgan fingerprint density at radius 2 is 2.19 bits per heavy atom. The number of nitrogens with one attached hydrogen (secondary N) is 1. The van der Waals surface area contributed by atoms with Gasteiger partial charge in [0.15, 0.2) is 0 Å². The Kier molecular flexibility index (Phi) is 5.82. The van der Waals surface area contributed by atoms with Gasteiger partial charge < -0.3 is 19.6 Å². The SMILES string of the molecule is COc1ccccc1-c1nnc([C@H](CCC(=O)O)NCc2cnn(C)c2)o1. The molecule has 0 amide bonds. The second-order valence-corrected chi connectivity index (χ2v) is 6.03. The summed E-state index contributed by atoms with van der Waals surface area (Å²) in [7, 11) is 3.41. The molecule has 9 heteroatoms. The highest BCUT2D eigenvalue weighted by Crippen LogP contribution is 2.30. The van der Waals surface area contributed by atoms with E-state index in [0.29, 0.717) is 36.1 Å². The van der Waals surface area contributed by atoms with Gasteiger partial charge in [0.05, 0.1) is 24.9 Å². The van der Waals surface area contributed by atoms with Crippen molar-refractivity contribution >= 4 is 5.97 Å².